The van der Waals surface area contributed by atoms with Gasteiger partial charge in [-0.05, 0) is 30.0 Å². The van der Waals surface area contributed by atoms with Gasteiger partial charge in [-0.2, -0.15) is 9.49 Å². The molecule has 0 saturated carbocycles. The first kappa shape index (κ1) is 20.2. The van der Waals surface area contributed by atoms with Gasteiger partial charge in [-0.1, -0.05) is 32.0 Å². The Labute approximate surface area is 172 Å². The van der Waals surface area contributed by atoms with E-state index < -0.39 is 22.2 Å². The van der Waals surface area contributed by atoms with Crippen molar-refractivity contribution >= 4 is 5.69 Å². The Kier molecular flexibility index (Phi) is 5.34. The van der Waals surface area contributed by atoms with Crippen molar-refractivity contribution in [2.45, 2.75) is 39.7 Å². The zero-order chi connectivity index (χ0) is 21.4. The Morgan fingerprint density at radius 3 is 2.50 bits per heavy atom. The van der Waals surface area contributed by atoms with Gasteiger partial charge in [-0.15, -0.1) is 0 Å². The highest BCUT2D eigenvalue weighted by atomic mass is 19.1. The summed E-state index contributed by atoms with van der Waals surface area (Å²) in [4.78, 5) is 10.1. The second-order valence-electron chi connectivity index (χ2n) is 7.28. The van der Waals surface area contributed by atoms with Crippen LogP contribution in [0.25, 0.3) is 16.9 Å². The molecular weight excluding hydrogens is 390 g/mol. The van der Waals surface area contributed by atoms with Crippen LogP contribution in [0.4, 0.5) is 14.5 Å². The van der Waals surface area contributed by atoms with E-state index in [1.807, 2.05) is 32.0 Å². The number of benzene rings is 2. The molecule has 1 aliphatic heterocycles. The summed E-state index contributed by atoms with van der Waals surface area (Å²) in [6.07, 6.45) is 2.17. The van der Waals surface area contributed by atoms with Gasteiger partial charge in [-0.25, -0.2) is 9.07 Å². The summed E-state index contributed by atoms with van der Waals surface area (Å²) in [5.41, 5.74) is 4.12. The van der Waals surface area contributed by atoms with Crippen LogP contribution in [0.3, 0.4) is 0 Å². The zero-order valence-electron chi connectivity index (χ0n) is 16.8. The number of nitrogens with zero attached hydrogens (tertiary/aromatic N) is 3. The van der Waals surface area contributed by atoms with Crippen molar-refractivity contribution in [2.75, 3.05) is 6.54 Å². The first-order valence-corrected chi connectivity index (χ1v) is 10.0. The largest absolute Gasteiger partial charge is 0.312 e. The highest BCUT2D eigenvalue weighted by Crippen LogP contribution is 2.36. The lowest BCUT2D eigenvalue weighted by atomic mass is 9.99. The van der Waals surface area contributed by atoms with Crippen molar-refractivity contribution in [3.63, 3.8) is 0 Å². The van der Waals surface area contributed by atoms with Crippen molar-refractivity contribution in [3.05, 3.63) is 74.5 Å². The number of fused-ring (bicyclic) bond motifs is 1. The first-order chi connectivity index (χ1) is 14.5. The second kappa shape index (κ2) is 7.95. The minimum absolute atomic E-state index is 0.0245. The van der Waals surface area contributed by atoms with Crippen LogP contribution < -0.4 is 5.32 Å². The maximum absolute atomic E-state index is 15.1. The maximum Gasteiger partial charge on any atom is 0.307 e. The molecule has 2 aromatic carbocycles. The van der Waals surface area contributed by atoms with E-state index in [1.165, 1.54) is 0 Å². The molecule has 0 saturated heterocycles. The fourth-order valence-corrected chi connectivity index (χ4v) is 4.09. The molecule has 1 aliphatic rings. The predicted octanol–water partition coefficient (Wildman–Crippen LogP) is 4.50. The number of hydrogen-bond acceptors (Lipinski definition) is 4. The summed E-state index contributed by atoms with van der Waals surface area (Å²) >= 11 is 0. The van der Waals surface area contributed by atoms with E-state index in [1.54, 1.807) is 4.68 Å². The molecule has 3 aromatic rings. The van der Waals surface area contributed by atoms with Crippen molar-refractivity contribution in [1.82, 2.24) is 15.1 Å². The lowest BCUT2D eigenvalue weighted by molar-refractivity contribution is -0.387. The highest BCUT2D eigenvalue weighted by molar-refractivity contribution is 5.70. The second-order valence-corrected chi connectivity index (χ2v) is 7.28. The summed E-state index contributed by atoms with van der Waals surface area (Å²) in [7, 11) is 0. The molecule has 8 heteroatoms. The number of aryl methyl sites for hydroxylation is 2. The summed E-state index contributed by atoms with van der Waals surface area (Å²) in [6, 6.07) is 7.55. The van der Waals surface area contributed by atoms with Crippen molar-refractivity contribution in [3.8, 4) is 16.9 Å². The van der Waals surface area contributed by atoms with Crippen molar-refractivity contribution in [2.24, 2.45) is 0 Å². The quantitative estimate of drug-likeness (QED) is 0.495. The van der Waals surface area contributed by atoms with E-state index in [2.05, 4.69) is 5.32 Å². The minimum atomic E-state index is -1.07. The van der Waals surface area contributed by atoms with Gasteiger partial charge in [0.05, 0.1) is 28.1 Å². The molecule has 4 rings (SSSR count). The molecular formula is C22H22F2N4O2. The third-order valence-corrected chi connectivity index (χ3v) is 5.57. The van der Waals surface area contributed by atoms with Gasteiger partial charge in [0.25, 0.3) is 0 Å². The van der Waals surface area contributed by atoms with Crippen molar-refractivity contribution < 1.29 is 13.7 Å². The third-order valence-electron chi connectivity index (χ3n) is 5.57. The Morgan fingerprint density at radius 2 is 1.87 bits per heavy atom. The lowest BCUT2D eigenvalue weighted by Gasteiger charge is -2.18. The molecule has 0 bridgehead atoms. The molecule has 0 aliphatic carbocycles. The molecule has 6 nitrogen and oxygen atoms in total. The van der Waals surface area contributed by atoms with Gasteiger partial charge in [-0.3, -0.25) is 10.1 Å². The molecule has 0 atom stereocenters. The van der Waals surface area contributed by atoms with E-state index in [-0.39, 0.29) is 5.56 Å². The molecule has 2 heterocycles. The Hall–Kier alpha value is -3.13. The van der Waals surface area contributed by atoms with Crippen LogP contribution >= 0.6 is 0 Å². The van der Waals surface area contributed by atoms with Crippen LogP contribution in [-0.4, -0.2) is 21.2 Å². The molecule has 0 radical (unpaired) electrons. The fourth-order valence-electron chi connectivity index (χ4n) is 4.09. The number of rotatable bonds is 5. The van der Waals surface area contributed by atoms with Crippen LogP contribution in [0.5, 0.6) is 0 Å². The van der Waals surface area contributed by atoms with E-state index >= 15 is 4.39 Å². The first-order valence-electron chi connectivity index (χ1n) is 10.0. The Morgan fingerprint density at radius 1 is 1.17 bits per heavy atom. The number of halogens is 2. The standard InChI is InChI=1S/C22H22F2N4O2/c1-3-13-6-5-7-14(4-2)21(13)27-22(16-12-25-9-8-19(16)26-27)15-10-18(24)20(28(29)30)11-17(15)23/h5-7,10-11,25H,3-4,8-9,12H2,1-2H3. The van der Waals surface area contributed by atoms with Crippen LogP contribution in [-0.2, 0) is 25.8 Å². The maximum atomic E-state index is 15.1. The normalized spacial score (nSPS) is 13.3. The number of nitro groups is 1. The Balaban J connectivity index is 2.05. The Bertz CT molecular complexity index is 1120. The third kappa shape index (κ3) is 3.27. The summed E-state index contributed by atoms with van der Waals surface area (Å²) in [6.45, 7) is 5.29. The van der Waals surface area contributed by atoms with Gasteiger partial charge in [0.1, 0.15) is 5.82 Å². The zero-order valence-corrected chi connectivity index (χ0v) is 16.8. The number of nitrogens with one attached hydrogen (secondary N) is 1. The average molecular weight is 412 g/mol. The molecule has 1 aromatic heterocycles. The summed E-state index contributed by atoms with van der Waals surface area (Å²) in [5, 5.41) is 19.1. The van der Waals surface area contributed by atoms with Gasteiger partial charge < -0.3 is 5.32 Å². The number of aromatic nitrogens is 2. The van der Waals surface area contributed by atoms with E-state index in [4.69, 9.17) is 5.10 Å². The number of nitro benzene ring substituents is 1. The van der Waals surface area contributed by atoms with Crippen LogP contribution in [0.15, 0.2) is 30.3 Å². The highest BCUT2D eigenvalue weighted by Gasteiger charge is 2.28. The van der Waals surface area contributed by atoms with Crippen LogP contribution in [0, 0.1) is 21.7 Å². The van der Waals surface area contributed by atoms with E-state index in [9.17, 15) is 14.5 Å². The molecule has 0 spiro atoms. The lowest BCUT2D eigenvalue weighted by Crippen LogP contribution is -2.23. The van der Waals surface area contributed by atoms with E-state index in [0.717, 1.165) is 53.5 Å². The van der Waals surface area contributed by atoms with Gasteiger partial charge in [0.15, 0.2) is 0 Å². The van der Waals surface area contributed by atoms with Gasteiger partial charge in [0, 0.05) is 30.6 Å². The predicted molar refractivity (Wildman–Crippen MR) is 110 cm³/mol. The van der Waals surface area contributed by atoms with Crippen molar-refractivity contribution in [1.29, 1.82) is 0 Å². The molecule has 1 N–H and O–H groups in total. The average Bonchev–Trinajstić information content (AvgIpc) is 3.13. The van der Waals surface area contributed by atoms with Gasteiger partial charge >= 0.3 is 5.69 Å². The SMILES string of the molecule is CCc1cccc(CC)c1-n1nc2c(c1-c1cc(F)c([N+](=O)[O-])cc1F)CNCC2. The molecule has 0 unspecified atom stereocenters. The smallest absolute Gasteiger partial charge is 0.307 e. The molecule has 30 heavy (non-hydrogen) atoms. The molecule has 0 amide bonds. The van der Waals surface area contributed by atoms with E-state index in [0.29, 0.717) is 24.7 Å². The minimum Gasteiger partial charge on any atom is -0.312 e. The number of para-hydroxylation sites is 1. The summed E-state index contributed by atoms with van der Waals surface area (Å²) < 4.78 is 31.2. The van der Waals surface area contributed by atoms with Crippen LogP contribution in [0.1, 0.15) is 36.2 Å². The molecule has 0 fully saturated rings. The van der Waals surface area contributed by atoms with Gasteiger partial charge in [0.2, 0.25) is 5.82 Å². The topological polar surface area (TPSA) is 73.0 Å². The summed E-state index contributed by atoms with van der Waals surface area (Å²) in [5.74, 6) is -1.91. The monoisotopic (exact) mass is 412 g/mol. The molecule has 156 valence electrons. The van der Waals surface area contributed by atoms with Crippen LogP contribution in [0.2, 0.25) is 0 Å². The number of hydrogen-bond donors (Lipinski definition) is 1. The fraction of sp³-hybridized carbons (Fsp3) is 0.318.